The lowest BCUT2D eigenvalue weighted by Gasteiger charge is -2.36. The Hall–Kier alpha value is -1.43. The van der Waals surface area contributed by atoms with Crippen molar-refractivity contribution >= 4 is 11.6 Å². The molecule has 5 heteroatoms. The molecule has 1 aromatic carbocycles. The Bertz CT molecular complexity index is 537. The van der Waals surface area contributed by atoms with Crippen molar-refractivity contribution in [3.05, 3.63) is 30.3 Å². The molecule has 1 amide bonds. The normalized spacial score (nSPS) is 21.4. The van der Waals surface area contributed by atoms with Gasteiger partial charge < -0.3 is 20.6 Å². The maximum Gasteiger partial charge on any atom is 0.224 e. The minimum atomic E-state index is -0.190. The van der Waals surface area contributed by atoms with Crippen LogP contribution in [0.5, 0.6) is 0 Å². The predicted molar refractivity (Wildman–Crippen MR) is 105 cm³/mol. The molecule has 0 radical (unpaired) electrons. The number of carbonyl (C=O) groups is 1. The van der Waals surface area contributed by atoms with Gasteiger partial charge in [0.05, 0.1) is 6.10 Å². The Kier molecular flexibility index (Phi) is 7.47. The average molecular weight is 360 g/mol. The largest absolute Gasteiger partial charge is 0.392 e. The van der Waals surface area contributed by atoms with Crippen LogP contribution in [0.3, 0.4) is 0 Å². The summed E-state index contributed by atoms with van der Waals surface area (Å²) < 4.78 is 0. The van der Waals surface area contributed by atoms with Crippen molar-refractivity contribution in [2.45, 2.75) is 44.6 Å². The van der Waals surface area contributed by atoms with E-state index in [1.54, 1.807) is 0 Å². The van der Waals surface area contributed by atoms with Crippen molar-refractivity contribution in [1.29, 1.82) is 0 Å². The summed E-state index contributed by atoms with van der Waals surface area (Å²) in [6.45, 7) is 4.98. The van der Waals surface area contributed by atoms with E-state index in [4.69, 9.17) is 0 Å². The highest BCUT2D eigenvalue weighted by Crippen LogP contribution is 2.24. The first kappa shape index (κ1) is 19.3. The molecule has 1 aromatic rings. The second-order valence-corrected chi connectivity index (χ2v) is 7.85. The minimum absolute atomic E-state index is 0.111. The van der Waals surface area contributed by atoms with Gasteiger partial charge in [0.25, 0.3) is 0 Å². The summed E-state index contributed by atoms with van der Waals surface area (Å²) in [6.07, 6.45) is 5.82. The molecule has 2 aliphatic heterocycles. The number of nitrogens with one attached hydrogen (secondary N) is 2. The smallest absolute Gasteiger partial charge is 0.224 e. The number of aliphatic hydroxyl groups is 1. The molecule has 1 atom stereocenters. The molecule has 0 aromatic heterocycles. The van der Waals surface area contributed by atoms with E-state index in [1.807, 2.05) is 30.3 Å². The van der Waals surface area contributed by atoms with Crippen LogP contribution in [0.15, 0.2) is 30.3 Å². The van der Waals surface area contributed by atoms with Crippen LogP contribution in [0.1, 0.15) is 38.5 Å². The summed E-state index contributed by atoms with van der Waals surface area (Å²) in [7, 11) is 0. The maximum atomic E-state index is 12.1. The zero-order chi connectivity index (χ0) is 18.2. The predicted octanol–water partition coefficient (Wildman–Crippen LogP) is 2.48. The van der Waals surface area contributed by atoms with Gasteiger partial charge in [0.2, 0.25) is 5.91 Å². The van der Waals surface area contributed by atoms with Gasteiger partial charge in [0, 0.05) is 18.7 Å². The lowest BCUT2D eigenvalue weighted by molar-refractivity contribution is -0.116. The van der Waals surface area contributed by atoms with Crippen LogP contribution in [-0.2, 0) is 4.79 Å². The number of rotatable bonds is 7. The number of carbonyl (C=O) groups excluding carboxylic acids is 1. The van der Waals surface area contributed by atoms with Crippen molar-refractivity contribution in [3.8, 4) is 0 Å². The van der Waals surface area contributed by atoms with E-state index in [2.05, 4.69) is 15.5 Å². The third-order valence-electron chi connectivity index (χ3n) is 5.92. The van der Waals surface area contributed by atoms with Crippen LogP contribution in [0, 0.1) is 11.8 Å². The summed E-state index contributed by atoms with van der Waals surface area (Å²) in [4.78, 5) is 14.5. The molecule has 3 rings (SSSR count). The van der Waals surface area contributed by atoms with Crippen LogP contribution in [0.4, 0.5) is 5.69 Å². The van der Waals surface area contributed by atoms with E-state index >= 15 is 0 Å². The van der Waals surface area contributed by atoms with E-state index in [1.165, 1.54) is 0 Å². The standard InChI is InChI=1S/C21H33N3O2/c25-20(18-8-12-22-13-9-18)16-24-14-10-17(11-15-24)6-7-21(26)23-19-4-2-1-3-5-19/h1-5,17-18,20,22,25H,6-16H2,(H,23,26). The molecule has 1 unspecified atom stereocenters. The van der Waals surface area contributed by atoms with Gasteiger partial charge >= 0.3 is 0 Å². The number of benzene rings is 1. The van der Waals surface area contributed by atoms with Gasteiger partial charge in [-0.05, 0) is 82.3 Å². The Balaban J connectivity index is 1.31. The highest BCUT2D eigenvalue weighted by Gasteiger charge is 2.26. The Morgan fingerprint density at radius 1 is 1.15 bits per heavy atom. The van der Waals surface area contributed by atoms with Crippen LogP contribution < -0.4 is 10.6 Å². The molecular formula is C21H33N3O2. The highest BCUT2D eigenvalue weighted by atomic mass is 16.3. The van der Waals surface area contributed by atoms with E-state index in [0.29, 0.717) is 18.3 Å². The highest BCUT2D eigenvalue weighted by molar-refractivity contribution is 5.90. The SMILES string of the molecule is O=C(CCC1CCN(CC(O)C2CCNCC2)CC1)Nc1ccccc1. The number of amides is 1. The molecule has 26 heavy (non-hydrogen) atoms. The first-order valence-corrected chi connectivity index (χ1v) is 10.2. The number of piperidine rings is 2. The summed E-state index contributed by atoms with van der Waals surface area (Å²) >= 11 is 0. The summed E-state index contributed by atoms with van der Waals surface area (Å²) in [6, 6.07) is 9.66. The van der Waals surface area contributed by atoms with Crippen molar-refractivity contribution in [1.82, 2.24) is 10.2 Å². The average Bonchev–Trinajstić information content (AvgIpc) is 2.69. The van der Waals surface area contributed by atoms with Crippen molar-refractivity contribution < 1.29 is 9.90 Å². The van der Waals surface area contributed by atoms with Gasteiger partial charge in [0.1, 0.15) is 0 Å². The van der Waals surface area contributed by atoms with E-state index in [-0.39, 0.29) is 12.0 Å². The second kappa shape index (κ2) is 10.0. The van der Waals surface area contributed by atoms with Crippen LogP contribution in [-0.4, -0.2) is 54.7 Å². The lowest BCUT2D eigenvalue weighted by Crippen LogP contribution is -2.43. The molecule has 0 saturated carbocycles. The van der Waals surface area contributed by atoms with Gasteiger partial charge in [-0.2, -0.15) is 0 Å². The third kappa shape index (κ3) is 6.08. The molecule has 2 fully saturated rings. The molecule has 144 valence electrons. The fourth-order valence-corrected chi connectivity index (χ4v) is 4.18. The molecule has 0 bridgehead atoms. The molecule has 2 saturated heterocycles. The van der Waals surface area contributed by atoms with Gasteiger partial charge in [0.15, 0.2) is 0 Å². The zero-order valence-electron chi connectivity index (χ0n) is 15.7. The molecule has 0 spiro atoms. The Labute approximate surface area is 157 Å². The number of hydrogen-bond donors (Lipinski definition) is 3. The first-order chi connectivity index (χ1) is 12.7. The van der Waals surface area contributed by atoms with Crippen molar-refractivity contribution in [3.63, 3.8) is 0 Å². The number of anilines is 1. The number of β-amino-alcohol motifs (C(OH)–C–C–N with tert-alkyl or cyclic N) is 1. The van der Waals surface area contributed by atoms with E-state index < -0.39 is 0 Å². The molecule has 2 heterocycles. The van der Waals surface area contributed by atoms with Crippen LogP contribution in [0.25, 0.3) is 0 Å². The van der Waals surface area contributed by atoms with Gasteiger partial charge in [-0.15, -0.1) is 0 Å². The fraction of sp³-hybridized carbons (Fsp3) is 0.667. The molecule has 0 aliphatic carbocycles. The van der Waals surface area contributed by atoms with E-state index in [9.17, 15) is 9.90 Å². The number of para-hydroxylation sites is 1. The quantitative estimate of drug-likeness (QED) is 0.700. The number of nitrogens with zero attached hydrogens (tertiary/aromatic N) is 1. The van der Waals surface area contributed by atoms with Crippen molar-refractivity contribution in [2.75, 3.05) is 38.0 Å². The molecule has 5 nitrogen and oxygen atoms in total. The monoisotopic (exact) mass is 359 g/mol. The molecular weight excluding hydrogens is 326 g/mol. The second-order valence-electron chi connectivity index (χ2n) is 7.85. The topological polar surface area (TPSA) is 64.6 Å². The fourth-order valence-electron chi connectivity index (χ4n) is 4.18. The number of hydrogen-bond acceptors (Lipinski definition) is 4. The zero-order valence-corrected chi connectivity index (χ0v) is 15.7. The maximum absolute atomic E-state index is 12.1. The number of likely N-dealkylation sites (tertiary alicyclic amines) is 1. The van der Waals surface area contributed by atoms with Crippen molar-refractivity contribution in [2.24, 2.45) is 11.8 Å². The van der Waals surface area contributed by atoms with Crippen LogP contribution >= 0.6 is 0 Å². The summed E-state index contributed by atoms with van der Waals surface area (Å²) in [5.41, 5.74) is 0.874. The van der Waals surface area contributed by atoms with Crippen LogP contribution in [0.2, 0.25) is 0 Å². The molecule has 3 N–H and O–H groups in total. The first-order valence-electron chi connectivity index (χ1n) is 10.2. The van der Waals surface area contributed by atoms with Gasteiger partial charge in [-0.25, -0.2) is 0 Å². The van der Waals surface area contributed by atoms with Gasteiger partial charge in [-0.3, -0.25) is 4.79 Å². The lowest BCUT2D eigenvalue weighted by atomic mass is 9.89. The third-order valence-corrected chi connectivity index (χ3v) is 5.92. The van der Waals surface area contributed by atoms with E-state index in [0.717, 1.165) is 70.5 Å². The van der Waals surface area contributed by atoms with Gasteiger partial charge in [-0.1, -0.05) is 18.2 Å². The summed E-state index contributed by atoms with van der Waals surface area (Å²) in [5.74, 6) is 1.19. The number of aliphatic hydroxyl groups excluding tert-OH is 1. The minimum Gasteiger partial charge on any atom is -0.392 e. The Morgan fingerprint density at radius 3 is 2.54 bits per heavy atom. The Morgan fingerprint density at radius 2 is 1.85 bits per heavy atom. The molecule has 2 aliphatic rings. The summed E-state index contributed by atoms with van der Waals surface area (Å²) in [5, 5.41) is 16.8.